The topological polar surface area (TPSA) is 0 Å². The lowest BCUT2D eigenvalue weighted by molar-refractivity contribution is 0.637. The molecule has 0 aromatic rings. The van der Waals surface area contributed by atoms with E-state index in [2.05, 4.69) is 20.1 Å². The van der Waals surface area contributed by atoms with Crippen molar-refractivity contribution in [2.45, 2.75) is 51.2 Å². The highest BCUT2D eigenvalue weighted by Gasteiger charge is 2.04. The van der Waals surface area contributed by atoms with Crippen LogP contribution in [0.2, 0.25) is 0 Å². The molecule has 0 rings (SSSR count). The minimum atomic E-state index is 0.900. The van der Waals surface area contributed by atoms with E-state index in [-0.39, 0.29) is 0 Å². The Bertz CT molecular complexity index is 74.0. The molecule has 68 valence electrons. The van der Waals surface area contributed by atoms with Gasteiger partial charge >= 0.3 is 0 Å². The van der Waals surface area contributed by atoms with Gasteiger partial charge in [0.1, 0.15) is 0 Å². The van der Waals surface area contributed by atoms with Crippen molar-refractivity contribution in [1.29, 1.82) is 0 Å². The molecular formula is C9H20S2. The van der Waals surface area contributed by atoms with E-state index in [4.69, 9.17) is 0 Å². The molecule has 11 heavy (non-hydrogen) atoms. The summed E-state index contributed by atoms with van der Waals surface area (Å²) in [4.78, 5) is 0. The summed E-state index contributed by atoms with van der Waals surface area (Å²) in [6.07, 6.45) is 9.09. The van der Waals surface area contributed by atoms with Crippen LogP contribution in [0.5, 0.6) is 0 Å². The fraction of sp³-hybridized carbons (Fsp3) is 1.00. The first-order chi connectivity index (χ1) is 5.35. The monoisotopic (exact) mass is 192 g/mol. The van der Waals surface area contributed by atoms with E-state index in [0.717, 1.165) is 5.25 Å². The van der Waals surface area contributed by atoms with Crippen molar-refractivity contribution in [3.05, 3.63) is 0 Å². The van der Waals surface area contributed by atoms with Crippen molar-refractivity contribution in [1.82, 2.24) is 0 Å². The van der Waals surface area contributed by atoms with Crippen LogP contribution in [0.4, 0.5) is 0 Å². The van der Waals surface area contributed by atoms with Gasteiger partial charge in [0.25, 0.3) is 0 Å². The van der Waals surface area contributed by atoms with Crippen LogP contribution in [0.25, 0.3) is 0 Å². The van der Waals surface area contributed by atoms with Gasteiger partial charge in [-0.2, -0.15) is 0 Å². The van der Waals surface area contributed by atoms with Crippen molar-refractivity contribution in [2.75, 3.05) is 6.26 Å². The second kappa shape index (κ2) is 8.79. The van der Waals surface area contributed by atoms with Gasteiger partial charge in [-0.05, 0) is 19.1 Å². The molecular weight excluding hydrogens is 172 g/mol. The summed E-state index contributed by atoms with van der Waals surface area (Å²) in [5, 5.41) is 0.900. The summed E-state index contributed by atoms with van der Waals surface area (Å²) < 4.78 is 0. The Balaban J connectivity index is 3.20. The molecule has 0 heterocycles. The molecule has 0 aliphatic heterocycles. The van der Waals surface area contributed by atoms with Crippen LogP contribution in [-0.2, 0) is 0 Å². The molecule has 0 aromatic heterocycles. The van der Waals surface area contributed by atoms with Crippen molar-refractivity contribution >= 4 is 21.6 Å². The molecule has 0 bridgehead atoms. The number of unbranched alkanes of at least 4 members (excludes halogenated alkanes) is 2. The van der Waals surface area contributed by atoms with Crippen LogP contribution in [-0.4, -0.2) is 11.5 Å². The number of hydrogen-bond donors (Lipinski definition) is 0. The van der Waals surface area contributed by atoms with Gasteiger partial charge < -0.3 is 0 Å². The van der Waals surface area contributed by atoms with Gasteiger partial charge in [0, 0.05) is 5.25 Å². The summed E-state index contributed by atoms with van der Waals surface area (Å²) in [7, 11) is 3.95. The normalized spacial score (nSPS) is 13.4. The first-order valence-electron chi connectivity index (χ1n) is 4.54. The fourth-order valence-electron chi connectivity index (χ4n) is 1.08. The molecule has 0 aliphatic carbocycles. The van der Waals surface area contributed by atoms with Gasteiger partial charge in [-0.25, -0.2) is 0 Å². The molecule has 0 N–H and O–H groups in total. The van der Waals surface area contributed by atoms with Gasteiger partial charge in [0.05, 0.1) is 0 Å². The van der Waals surface area contributed by atoms with E-state index in [1.807, 2.05) is 21.6 Å². The first kappa shape index (κ1) is 11.7. The van der Waals surface area contributed by atoms with E-state index < -0.39 is 0 Å². The van der Waals surface area contributed by atoms with Gasteiger partial charge in [0.15, 0.2) is 0 Å². The summed E-state index contributed by atoms with van der Waals surface area (Å²) in [6.45, 7) is 4.56. The van der Waals surface area contributed by atoms with Crippen LogP contribution in [0.15, 0.2) is 0 Å². The lowest BCUT2D eigenvalue weighted by Crippen LogP contribution is -1.98. The van der Waals surface area contributed by atoms with Gasteiger partial charge in [0.2, 0.25) is 0 Å². The highest BCUT2D eigenvalue weighted by Crippen LogP contribution is 2.29. The minimum Gasteiger partial charge on any atom is -0.0973 e. The number of hydrogen-bond acceptors (Lipinski definition) is 2. The second-order valence-electron chi connectivity index (χ2n) is 2.79. The van der Waals surface area contributed by atoms with Gasteiger partial charge in [-0.1, -0.05) is 54.7 Å². The van der Waals surface area contributed by atoms with Crippen LogP contribution >= 0.6 is 21.6 Å². The Morgan fingerprint density at radius 2 is 1.91 bits per heavy atom. The third-order valence-corrected chi connectivity index (χ3v) is 4.24. The molecule has 2 heteroatoms. The van der Waals surface area contributed by atoms with Gasteiger partial charge in [-0.15, -0.1) is 0 Å². The van der Waals surface area contributed by atoms with Crippen molar-refractivity contribution in [2.24, 2.45) is 0 Å². The zero-order valence-electron chi connectivity index (χ0n) is 7.93. The molecule has 0 radical (unpaired) electrons. The minimum absolute atomic E-state index is 0.900. The first-order valence-corrected chi connectivity index (χ1v) is 7.16. The molecule has 0 saturated heterocycles. The molecule has 0 saturated carbocycles. The van der Waals surface area contributed by atoms with Crippen LogP contribution in [0.3, 0.4) is 0 Å². The predicted molar refractivity (Wildman–Crippen MR) is 59.3 cm³/mol. The fourth-order valence-corrected chi connectivity index (χ4v) is 3.26. The molecule has 0 aliphatic rings. The van der Waals surface area contributed by atoms with E-state index in [1.165, 1.54) is 32.1 Å². The predicted octanol–water partition coefficient (Wildman–Crippen LogP) is 4.36. The Kier molecular flexibility index (Phi) is 9.35. The van der Waals surface area contributed by atoms with Crippen molar-refractivity contribution < 1.29 is 0 Å². The summed E-state index contributed by atoms with van der Waals surface area (Å²) in [5.41, 5.74) is 0. The largest absolute Gasteiger partial charge is 0.0973 e. The molecule has 0 amide bonds. The third kappa shape index (κ3) is 7.07. The standard InChI is InChI=1S/C9H20S2/c1-4-6-7-8-9(5-2)11-10-3/h9H,4-8H2,1-3H3. The quantitative estimate of drug-likeness (QED) is 0.434. The molecule has 1 unspecified atom stereocenters. The average molecular weight is 192 g/mol. The maximum Gasteiger partial charge on any atom is 0.0148 e. The molecule has 0 fully saturated rings. The van der Waals surface area contributed by atoms with E-state index >= 15 is 0 Å². The zero-order valence-corrected chi connectivity index (χ0v) is 9.56. The lowest BCUT2D eigenvalue weighted by Gasteiger charge is -2.11. The Hall–Kier alpha value is 0.700. The maximum atomic E-state index is 2.29. The molecule has 0 spiro atoms. The molecule has 0 aromatic carbocycles. The average Bonchev–Trinajstić information content (AvgIpc) is 2.03. The molecule has 0 nitrogen and oxygen atoms in total. The summed E-state index contributed by atoms with van der Waals surface area (Å²) in [5.74, 6) is 0. The van der Waals surface area contributed by atoms with Crippen LogP contribution < -0.4 is 0 Å². The number of rotatable bonds is 7. The second-order valence-corrected chi connectivity index (χ2v) is 5.56. The Morgan fingerprint density at radius 3 is 2.36 bits per heavy atom. The van der Waals surface area contributed by atoms with Crippen molar-refractivity contribution in [3.63, 3.8) is 0 Å². The summed E-state index contributed by atoms with van der Waals surface area (Å²) >= 11 is 0. The van der Waals surface area contributed by atoms with Crippen LogP contribution in [0.1, 0.15) is 46.0 Å². The lowest BCUT2D eigenvalue weighted by atomic mass is 10.1. The highest BCUT2D eigenvalue weighted by molar-refractivity contribution is 8.76. The Labute approximate surface area is 79.3 Å². The van der Waals surface area contributed by atoms with Crippen molar-refractivity contribution in [3.8, 4) is 0 Å². The highest BCUT2D eigenvalue weighted by atomic mass is 33.1. The smallest absolute Gasteiger partial charge is 0.0148 e. The Morgan fingerprint density at radius 1 is 1.18 bits per heavy atom. The SMILES string of the molecule is CCCCCC(CC)SSC. The van der Waals surface area contributed by atoms with E-state index in [0.29, 0.717) is 0 Å². The third-order valence-electron chi connectivity index (χ3n) is 1.82. The van der Waals surface area contributed by atoms with E-state index in [9.17, 15) is 0 Å². The maximum absolute atomic E-state index is 2.29. The zero-order chi connectivity index (χ0) is 8.53. The van der Waals surface area contributed by atoms with E-state index in [1.54, 1.807) is 0 Å². The summed E-state index contributed by atoms with van der Waals surface area (Å²) in [6, 6.07) is 0. The van der Waals surface area contributed by atoms with Gasteiger partial charge in [-0.3, -0.25) is 0 Å². The van der Waals surface area contributed by atoms with Crippen LogP contribution in [0, 0.1) is 0 Å². The molecule has 1 atom stereocenters.